The molecule has 1 atom stereocenters. The van der Waals surface area contributed by atoms with Crippen molar-refractivity contribution in [2.24, 2.45) is 11.5 Å². The van der Waals surface area contributed by atoms with Gasteiger partial charge in [0.05, 0.1) is 0 Å². The fraction of sp³-hybridized carbons (Fsp3) is 0.462. The van der Waals surface area contributed by atoms with E-state index in [4.69, 9.17) is 11.5 Å². The molecule has 3 nitrogen and oxygen atoms in total. The number of hydrogen-bond acceptors (Lipinski definition) is 2. The lowest BCUT2D eigenvalue weighted by Gasteiger charge is -2.15. The standard InChI is InChI=1S/C13H20N2O/c1-9-6-7-10(2)11(8-9)12(14)4-3-5-13(15)16/h6-8,12H,3-5,14H2,1-2H3,(H2,15,16). The van der Waals surface area contributed by atoms with Gasteiger partial charge in [-0.2, -0.15) is 0 Å². The van der Waals surface area contributed by atoms with E-state index in [9.17, 15) is 4.79 Å². The van der Waals surface area contributed by atoms with Crippen molar-refractivity contribution in [2.75, 3.05) is 0 Å². The van der Waals surface area contributed by atoms with Gasteiger partial charge < -0.3 is 11.5 Å². The van der Waals surface area contributed by atoms with Crippen molar-refractivity contribution in [3.05, 3.63) is 34.9 Å². The van der Waals surface area contributed by atoms with Crippen LogP contribution in [0.4, 0.5) is 0 Å². The van der Waals surface area contributed by atoms with Gasteiger partial charge in [0.1, 0.15) is 0 Å². The lowest BCUT2D eigenvalue weighted by atomic mass is 9.96. The number of primary amides is 1. The molecule has 4 N–H and O–H groups in total. The van der Waals surface area contributed by atoms with Crippen LogP contribution in [0.2, 0.25) is 0 Å². The summed E-state index contributed by atoms with van der Waals surface area (Å²) >= 11 is 0. The van der Waals surface area contributed by atoms with Crippen LogP contribution in [0.15, 0.2) is 18.2 Å². The van der Waals surface area contributed by atoms with Gasteiger partial charge in [-0.15, -0.1) is 0 Å². The molecule has 3 heteroatoms. The number of carbonyl (C=O) groups excluding carboxylic acids is 1. The first-order valence-electron chi connectivity index (χ1n) is 5.61. The van der Waals surface area contributed by atoms with E-state index in [-0.39, 0.29) is 11.9 Å². The first-order valence-corrected chi connectivity index (χ1v) is 5.61. The fourth-order valence-electron chi connectivity index (χ4n) is 1.81. The summed E-state index contributed by atoms with van der Waals surface area (Å²) in [6.07, 6.45) is 1.97. The van der Waals surface area contributed by atoms with Crippen molar-refractivity contribution in [2.45, 2.75) is 39.2 Å². The Morgan fingerprint density at radius 2 is 2.06 bits per heavy atom. The summed E-state index contributed by atoms with van der Waals surface area (Å²) in [5.41, 5.74) is 14.8. The second-order valence-corrected chi connectivity index (χ2v) is 4.33. The zero-order chi connectivity index (χ0) is 12.1. The molecule has 1 amide bonds. The van der Waals surface area contributed by atoms with Crippen LogP contribution in [0, 0.1) is 13.8 Å². The first-order chi connectivity index (χ1) is 7.50. The Balaban J connectivity index is 2.61. The highest BCUT2D eigenvalue weighted by atomic mass is 16.1. The molecule has 0 aliphatic rings. The third-order valence-electron chi connectivity index (χ3n) is 2.77. The second kappa shape index (κ2) is 5.66. The third kappa shape index (κ3) is 3.66. The normalized spacial score (nSPS) is 12.4. The molecule has 0 spiro atoms. The molecule has 88 valence electrons. The Bertz CT molecular complexity index is 374. The molecule has 1 unspecified atom stereocenters. The number of benzene rings is 1. The van der Waals surface area contributed by atoms with Crippen molar-refractivity contribution in [3.8, 4) is 0 Å². The maximum atomic E-state index is 10.6. The molecule has 0 fully saturated rings. The van der Waals surface area contributed by atoms with Gasteiger partial charge in [0.15, 0.2) is 0 Å². The van der Waals surface area contributed by atoms with Crippen LogP contribution in [0.3, 0.4) is 0 Å². The zero-order valence-corrected chi connectivity index (χ0v) is 9.99. The van der Waals surface area contributed by atoms with Crippen LogP contribution in [-0.2, 0) is 4.79 Å². The predicted octanol–water partition coefficient (Wildman–Crippen LogP) is 1.96. The molecule has 0 aliphatic carbocycles. The maximum Gasteiger partial charge on any atom is 0.217 e. The molecule has 16 heavy (non-hydrogen) atoms. The van der Waals surface area contributed by atoms with Gasteiger partial charge in [0.2, 0.25) is 5.91 Å². The molecule has 0 saturated carbocycles. The van der Waals surface area contributed by atoms with Gasteiger partial charge in [-0.25, -0.2) is 0 Å². The molecular weight excluding hydrogens is 200 g/mol. The monoisotopic (exact) mass is 220 g/mol. The van der Waals surface area contributed by atoms with Gasteiger partial charge in [-0.1, -0.05) is 23.8 Å². The van der Waals surface area contributed by atoms with Crippen molar-refractivity contribution in [3.63, 3.8) is 0 Å². The predicted molar refractivity (Wildman–Crippen MR) is 65.9 cm³/mol. The van der Waals surface area contributed by atoms with Gasteiger partial charge in [-0.05, 0) is 37.8 Å². The summed E-state index contributed by atoms with van der Waals surface area (Å²) < 4.78 is 0. The average molecular weight is 220 g/mol. The van der Waals surface area contributed by atoms with Crippen molar-refractivity contribution >= 4 is 5.91 Å². The number of carbonyl (C=O) groups is 1. The number of rotatable bonds is 5. The van der Waals surface area contributed by atoms with Gasteiger partial charge in [0, 0.05) is 12.5 Å². The Labute approximate surface area is 96.8 Å². The van der Waals surface area contributed by atoms with E-state index in [1.807, 2.05) is 0 Å². The average Bonchev–Trinajstić information content (AvgIpc) is 2.21. The molecular formula is C13H20N2O. The van der Waals surface area contributed by atoms with E-state index in [1.165, 1.54) is 16.7 Å². The van der Waals surface area contributed by atoms with E-state index in [2.05, 4.69) is 32.0 Å². The fourth-order valence-corrected chi connectivity index (χ4v) is 1.81. The second-order valence-electron chi connectivity index (χ2n) is 4.33. The SMILES string of the molecule is Cc1ccc(C)c(C(N)CCCC(N)=O)c1. The molecule has 1 aromatic rings. The minimum absolute atomic E-state index is 0.000694. The number of hydrogen-bond donors (Lipinski definition) is 2. The summed E-state index contributed by atoms with van der Waals surface area (Å²) in [5, 5.41) is 0. The Kier molecular flexibility index (Phi) is 4.50. The zero-order valence-electron chi connectivity index (χ0n) is 9.99. The molecule has 0 saturated heterocycles. The maximum absolute atomic E-state index is 10.6. The van der Waals surface area contributed by atoms with Crippen LogP contribution in [0.25, 0.3) is 0 Å². The molecule has 0 aromatic heterocycles. The first kappa shape index (κ1) is 12.7. The molecule has 0 aliphatic heterocycles. The minimum Gasteiger partial charge on any atom is -0.370 e. The van der Waals surface area contributed by atoms with E-state index in [0.29, 0.717) is 6.42 Å². The topological polar surface area (TPSA) is 69.1 Å². The Morgan fingerprint density at radius 3 is 2.69 bits per heavy atom. The molecule has 1 rings (SSSR count). The van der Waals surface area contributed by atoms with E-state index >= 15 is 0 Å². The van der Waals surface area contributed by atoms with Crippen molar-refractivity contribution in [1.82, 2.24) is 0 Å². The van der Waals surface area contributed by atoms with Gasteiger partial charge >= 0.3 is 0 Å². The number of aryl methyl sites for hydroxylation is 2. The lowest BCUT2D eigenvalue weighted by Crippen LogP contribution is -2.14. The highest BCUT2D eigenvalue weighted by Crippen LogP contribution is 2.21. The third-order valence-corrected chi connectivity index (χ3v) is 2.77. The minimum atomic E-state index is -0.256. The Morgan fingerprint density at radius 1 is 1.38 bits per heavy atom. The molecule has 1 aromatic carbocycles. The van der Waals surface area contributed by atoms with Crippen LogP contribution in [0.1, 0.15) is 42.0 Å². The number of amides is 1. The Hall–Kier alpha value is -1.35. The van der Waals surface area contributed by atoms with Crippen molar-refractivity contribution < 1.29 is 4.79 Å². The van der Waals surface area contributed by atoms with Crippen LogP contribution >= 0.6 is 0 Å². The quantitative estimate of drug-likeness (QED) is 0.796. The molecule has 0 bridgehead atoms. The summed E-state index contributed by atoms with van der Waals surface area (Å²) in [6, 6.07) is 6.27. The molecule has 0 radical (unpaired) electrons. The van der Waals surface area contributed by atoms with Crippen LogP contribution in [0.5, 0.6) is 0 Å². The van der Waals surface area contributed by atoms with Gasteiger partial charge in [0.25, 0.3) is 0 Å². The lowest BCUT2D eigenvalue weighted by molar-refractivity contribution is -0.118. The van der Waals surface area contributed by atoms with Crippen molar-refractivity contribution in [1.29, 1.82) is 0 Å². The highest BCUT2D eigenvalue weighted by Gasteiger charge is 2.09. The highest BCUT2D eigenvalue weighted by molar-refractivity contribution is 5.73. The summed E-state index contributed by atoms with van der Waals surface area (Å²) in [5.74, 6) is -0.256. The van der Waals surface area contributed by atoms with E-state index < -0.39 is 0 Å². The summed E-state index contributed by atoms with van der Waals surface area (Å²) in [7, 11) is 0. The molecule has 0 heterocycles. The largest absolute Gasteiger partial charge is 0.370 e. The smallest absolute Gasteiger partial charge is 0.217 e. The summed E-state index contributed by atoms with van der Waals surface area (Å²) in [6.45, 7) is 4.11. The summed E-state index contributed by atoms with van der Waals surface area (Å²) in [4.78, 5) is 10.6. The van der Waals surface area contributed by atoms with Gasteiger partial charge in [-0.3, -0.25) is 4.79 Å². The van der Waals surface area contributed by atoms with E-state index in [0.717, 1.165) is 12.8 Å². The van der Waals surface area contributed by atoms with Crippen LogP contribution < -0.4 is 11.5 Å². The van der Waals surface area contributed by atoms with E-state index in [1.54, 1.807) is 0 Å². The number of nitrogens with two attached hydrogens (primary N) is 2. The van der Waals surface area contributed by atoms with Crippen LogP contribution in [-0.4, -0.2) is 5.91 Å².